The molecule has 4 aliphatic carbocycles. The van der Waals surface area contributed by atoms with Crippen LogP contribution in [-0.2, 0) is 16.1 Å². The number of imide groups is 1. The summed E-state index contributed by atoms with van der Waals surface area (Å²) in [6.07, 6.45) is 7.08. The van der Waals surface area contributed by atoms with E-state index >= 15 is 0 Å². The highest BCUT2D eigenvalue weighted by atomic mass is 16.2. The van der Waals surface area contributed by atoms with E-state index in [0.717, 1.165) is 48.3 Å². The van der Waals surface area contributed by atoms with Crippen molar-refractivity contribution in [2.24, 2.45) is 17.8 Å². The molecule has 4 fully saturated rings. The first-order chi connectivity index (χ1) is 14.9. The normalized spacial score (nSPS) is 28.1. The van der Waals surface area contributed by atoms with Crippen LogP contribution in [0, 0.1) is 17.8 Å². The number of hydrogen-bond acceptors (Lipinski definition) is 4. The summed E-state index contributed by atoms with van der Waals surface area (Å²) < 4.78 is 0. The summed E-state index contributed by atoms with van der Waals surface area (Å²) in [4.78, 5) is 38.4. The van der Waals surface area contributed by atoms with Crippen LogP contribution in [0.1, 0.15) is 57.9 Å². The van der Waals surface area contributed by atoms with E-state index in [1.54, 1.807) is 11.8 Å². The van der Waals surface area contributed by atoms with Gasteiger partial charge < -0.3 is 15.5 Å². The van der Waals surface area contributed by atoms with Crippen LogP contribution in [0.2, 0.25) is 0 Å². The lowest BCUT2D eigenvalue weighted by Crippen LogP contribution is -2.62. The molecule has 4 bridgehead atoms. The summed E-state index contributed by atoms with van der Waals surface area (Å²) in [5, 5.41) is 8.78. The lowest BCUT2D eigenvalue weighted by Gasteiger charge is -2.56. The highest BCUT2D eigenvalue weighted by Gasteiger charge is 2.51. The fourth-order valence-electron chi connectivity index (χ4n) is 6.36. The molecule has 4 saturated carbocycles. The number of para-hydroxylation sites is 1. The summed E-state index contributed by atoms with van der Waals surface area (Å²) in [5.41, 5.74) is 1.61. The summed E-state index contributed by atoms with van der Waals surface area (Å²) in [6.45, 7) is 4.58. The van der Waals surface area contributed by atoms with E-state index in [-0.39, 0.29) is 29.9 Å². The van der Waals surface area contributed by atoms with Crippen molar-refractivity contribution < 1.29 is 14.4 Å². The maximum absolute atomic E-state index is 12.6. The van der Waals surface area contributed by atoms with Crippen molar-refractivity contribution in [3.05, 3.63) is 29.8 Å². The zero-order valence-electron chi connectivity index (χ0n) is 18.6. The minimum Gasteiger partial charge on any atom is -0.376 e. The molecule has 4 aliphatic rings. The first-order valence-electron chi connectivity index (χ1n) is 11.5. The molecule has 31 heavy (non-hydrogen) atoms. The van der Waals surface area contributed by atoms with Gasteiger partial charge in [-0.1, -0.05) is 18.2 Å². The van der Waals surface area contributed by atoms with Gasteiger partial charge in [-0.25, -0.2) is 4.79 Å². The average molecular weight is 427 g/mol. The van der Waals surface area contributed by atoms with Gasteiger partial charge in [-0.05, 0) is 74.8 Å². The molecule has 7 nitrogen and oxygen atoms in total. The lowest BCUT2D eigenvalue weighted by molar-refractivity contribution is -0.129. The molecule has 1 aromatic carbocycles. The van der Waals surface area contributed by atoms with Crippen molar-refractivity contribution in [2.45, 2.75) is 64.5 Å². The van der Waals surface area contributed by atoms with Crippen molar-refractivity contribution in [3.8, 4) is 0 Å². The monoisotopic (exact) mass is 426 g/mol. The first kappa shape index (κ1) is 21.7. The molecule has 0 heterocycles. The Bertz CT molecular complexity index is 818. The molecule has 0 radical (unpaired) electrons. The van der Waals surface area contributed by atoms with Gasteiger partial charge in [0.25, 0.3) is 0 Å². The van der Waals surface area contributed by atoms with Gasteiger partial charge >= 0.3 is 6.03 Å². The maximum atomic E-state index is 12.6. The fourth-order valence-corrected chi connectivity index (χ4v) is 6.36. The van der Waals surface area contributed by atoms with Crippen LogP contribution in [0.15, 0.2) is 24.3 Å². The third-order valence-corrected chi connectivity index (χ3v) is 7.31. The smallest absolute Gasteiger partial charge is 0.321 e. The van der Waals surface area contributed by atoms with Crippen molar-refractivity contribution in [2.75, 3.05) is 18.4 Å². The average Bonchev–Trinajstić information content (AvgIpc) is 2.69. The quantitative estimate of drug-likeness (QED) is 0.624. The van der Waals surface area contributed by atoms with E-state index in [9.17, 15) is 14.4 Å². The third-order valence-electron chi connectivity index (χ3n) is 7.31. The summed E-state index contributed by atoms with van der Waals surface area (Å²) in [6, 6.07) is 7.23. The molecule has 7 heteroatoms. The minimum atomic E-state index is -0.379. The number of carbonyl (C=O) groups is 3. The molecule has 168 valence electrons. The van der Waals surface area contributed by atoms with E-state index in [1.165, 1.54) is 19.3 Å². The first-order valence-corrected chi connectivity index (χ1v) is 11.5. The SMILES string of the molecule is CCN(Cc1ccccc1NCC(=O)NC(=O)NC12CC3CC(CC(C3)C1)C2)C(C)=O. The number of carbonyl (C=O) groups excluding carboxylic acids is 3. The number of amides is 4. The number of rotatable bonds is 7. The second-order valence-electron chi connectivity index (χ2n) is 9.74. The summed E-state index contributed by atoms with van der Waals surface area (Å²) in [5.74, 6) is 1.85. The predicted molar refractivity (Wildman–Crippen MR) is 119 cm³/mol. The number of nitrogens with zero attached hydrogens (tertiary/aromatic N) is 1. The lowest BCUT2D eigenvalue weighted by atomic mass is 9.53. The Kier molecular flexibility index (Phi) is 6.21. The van der Waals surface area contributed by atoms with Crippen molar-refractivity contribution in [3.63, 3.8) is 0 Å². The Balaban J connectivity index is 1.29. The van der Waals surface area contributed by atoms with Crippen LogP contribution in [0.4, 0.5) is 10.5 Å². The second kappa shape index (κ2) is 8.89. The predicted octanol–water partition coefficient (Wildman–Crippen LogP) is 3.26. The van der Waals surface area contributed by atoms with Crippen molar-refractivity contribution in [1.29, 1.82) is 0 Å². The number of benzene rings is 1. The Morgan fingerprint density at radius 2 is 1.65 bits per heavy atom. The van der Waals surface area contributed by atoms with Crippen LogP contribution >= 0.6 is 0 Å². The minimum absolute atomic E-state index is 0.00248. The van der Waals surface area contributed by atoms with Crippen LogP contribution < -0.4 is 16.0 Å². The Morgan fingerprint density at radius 3 is 2.23 bits per heavy atom. The van der Waals surface area contributed by atoms with E-state index in [1.807, 2.05) is 31.2 Å². The van der Waals surface area contributed by atoms with Gasteiger partial charge in [-0.15, -0.1) is 0 Å². The standard InChI is InChI=1S/C24H34N4O3/c1-3-28(16(2)29)15-20-6-4-5-7-21(20)25-14-22(30)26-23(31)27-24-11-17-8-18(12-24)10-19(9-17)13-24/h4-7,17-19,25H,3,8-15H2,1-2H3,(H2,26,27,30,31). The topological polar surface area (TPSA) is 90.5 Å². The molecule has 0 saturated heterocycles. The second-order valence-corrected chi connectivity index (χ2v) is 9.74. The highest BCUT2D eigenvalue weighted by molar-refractivity contribution is 5.96. The molecule has 0 atom stereocenters. The Labute approximate surface area is 184 Å². The van der Waals surface area contributed by atoms with Crippen LogP contribution in [-0.4, -0.2) is 41.4 Å². The number of anilines is 1. The molecule has 1 aromatic rings. The van der Waals surface area contributed by atoms with Gasteiger partial charge in [-0.2, -0.15) is 0 Å². The van der Waals surface area contributed by atoms with Gasteiger partial charge in [0.15, 0.2) is 0 Å². The van der Waals surface area contributed by atoms with Gasteiger partial charge in [-0.3, -0.25) is 14.9 Å². The molecule has 3 N–H and O–H groups in total. The zero-order valence-corrected chi connectivity index (χ0v) is 18.6. The van der Waals surface area contributed by atoms with E-state index in [2.05, 4.69) is 16.0 Å². The Hall–Kier alpha value is -2.57. The molecule has 0 spiro atoms. The van der Waals surface area contributed by atoms with E-state index in [4.69, 9.17) is 0 Å². The van der Waals surface area contributed by atoms with Gasteiger partial charge in [0.05, 0.1) is 6.54 Å². The fraction of sp³-hybridized carbons (Fsp3) is 0.625. The Morgan fingerprint density at radius 1 is 1.03 bits per heavy atom. The molecule has 5 rings (SSSR count). The van der Waals surface area contributed by atoms with Crippen molar-refractivity contribution >= 4 is 23.5 Å². The molecular weight excluding hydrogens is 392 g/mol. The zero-order chi connectivity index (χ0) is 22.0. The number of nitrogens with one attached hydrogen (secondary N) is 3. The molecule has 0 aliphatic heterocycles. The number of hydrogen-bond donors (Lipinski definition) is 3. The van der Waals surface area contributed by atoms with Crippen LogP contribution in [0.25, 0.3) is 0 Å². The molecule has 4 amide bonds. The summed E-state index contributed by atoms with van der Waals surface area (Å²) >= 11 is 0. The van der Waals surface area contributed by atoms with E-state index in [0.29, 0.717) is 13.1 Å². The maximum Gasteiger partial charge on any atom is 0.321 e. The van der Waals surface area contributed by atoms with Crippen LogP contribution in [0.5, 0.6) is 0 Å². The molecular formula is C24H34N4O3. The molecule has 0 unspecified atom stereocenters. The third kappa shape index (κ3) is 5.02. The largest absolute Gasteiger partial charge is 0.376 e. The van der Waals surface area contributed by atoms with Crippen molar-refractivity contribution in [1.82, 2.24) is 15.5 Å². The molecule has 0 aromatic heterocycles. The van der Waals surface area contributed by atoms with E-state index < -0.39 is 0 Å². The van der Waals surface area contributed by atoms with Crippen LogP contribution in [0.3, 0.4) is 0 Å². The van der Waals surface area contributed by atoms with Gasteiger partial charge in [0, 0.05) is 31.2 Å². The number of urea groups is 1. The van der Waals surface area contributed by atoms with Gasteiger partial charge in [0.1, 0.15) is 0 Å². The van der Waals surface area contributed by atoms with Gasteiger partial charge in [0.2, 0.25) is 11.8 Å². The highest BCUT2D eigenvalue weighted by Crippen LogP contribution is 2.55. The summed E-state index contributed by atoms with van der Waals surface area (Å²) in [7, 11) is 0.